The third kappa shape index (κ3) is 4.06. The Morgan fingerprint density at radius 1 is 1.40 bits per heavy atom. The number of carbonyl (C=O) groups is 2. The zero-order valence-corrected chi connectivity index (χ0v) is 13.7. The molecule has 0 heterocycles. The Bertz CT molecular complexity index is 566. The maximum absolute atomic E-state index is 13.9. The molecule has 0 saturated heterocycles. The molecule has 0 bridgehead atoms. The first-order valence-electron chi connectivity index (χ1n) is 5.75. The molecule has 0 atom stereocenters. The van der Waals surface area contributed by atoms with Crippen LogP contribution >= 0.6 is 22.6 Å². The molecule has 1 amide bonds. The van der Waals surface area contributed by atoms with Gasteiger partial charge in [0.05, 0.1) is 11.3 Å². The number of hydrogen-bond donors (Lipinski definition) is 2. The molecule has 0 aliphatic heterocycles. The zero-order valence-electron chi connectivity index (χ0n) is 11.5. The lowest BCUT2D eigenvalue weighted by atomic mass is 10.1. The fourth-order valence-corrected chi connectivity index (χ4v) is 2.32. The van der Waals surface area contributed by atoms with Gasteiger partial charge in [-0.15, -0.1) is 0 Å². The topological polar surface area (TPSA) is 75.6 Å². The van der Waals surface area contributed by atoms with E-state index in [-0.39, 0.29) is 11.3 Å². The Kier molecular flexibility index (Phi) is 4.95. The van der Waals surface area contributed by atoms with Gasteiger partial charge in [-0.05, 0) is 56.4 Å². The summed E-state index contributed by atoms with van der Waals surface area (Å²) in [6.07, 6.45) is -0.721. The fourth-order valence-electron chi connectivity index (χ4n) is 1.47. The molecule has 0 unspecified atom stereocenters. The fraction of sp³-hybridized carbons (Fsp3) is 0.385. The summed E-state index contributed by atoms with van der Waals surface area (Å²) in [7, 11) is 0. The Hall–Kier alpha value is -1.38. The summed E-state index contributed by atoms with van der Waals surface area (Å²) < 4.78 is 19.4. The van der Waals surface area contributed by atoms with Crippen LogP contribution in [0.25, 0.3) is 0 Å². The van der Waals surface area contributed by atoms with E-state index >= 15 is 0 Å². The molecule has 0 saturated carbocycles. The first-order valence-corrected chi connectivity index (χ1v) is 6.82. The number of aromatic carboxylic acids is 1. The number of carboxylic acids is 1. The van der Waals surface area contributed by atoms with Gasteiger partial charge in [0, 0.05) is 9.13 Å². The summed E-state index contributed by atoms with van der Waals surface area (Å²) in [5.41, 5.74) is -0.840. The van der Waals surface area contributed by atoms with Crippen LogP contribution in [0.2, 0.25) is 0 Å². The van der Waals surface area contributed by atoms with Crippen molar-refractivity contribution in [1.82, 2.24) is 0 Å². The van der Waals surface area contributed by atoms with Crippen molar-refractivity contribution in [3.05, 3.63) is 26.6 Å². The molecule has 0 spiro atoms. The monoisotopic (exact) mass is 395 g/mol. The Morgan fingerprint density at radius 2 is 1.95 bits per heavy atom. The standard InChI is InChI=1S/C13H15FINO4/c1-6-9(14)7(11(17)18)5-8(15)10(6)16-12(19)20-13(2,3)4/h5H,1-4H3,(H,16,19)(H,17,18). The molecular formula is C13H15FINO4. The van der Waals surface area contributed by atoms with E-state index in [2.05, 4.69) is 5.32 Å². The van der Waals surface area contributed by atoms with Crippen molar-refractivity contribution >= 4 is 40.3 Å². The molecule has 110 valence electrons. The van der Waals surface area contributed by atoms with Crippen LogP contribution in [0.15, 0.2) is 6.07 Å². The van der Waals surface area contributed by atoms with Gasteiger partial charge >= 0.3 is 12.1 Å². The van der Waals surface area contributed by atoms with Gasteiger partial charge < -0.3 is 9.84 Å². The lowest BCUT2D eigenvalue weighted by molar-refractivity contribution is 0.0634. The number of benzene rings is 1. The van der Waals surface area contributed by atoms with Gasteiger partial charge in [0.15, 0.2) is 0 Å². The van der Waals surface area contributed by atoms with E-state index in [1.54, 1.807) is 20.8 Å². The molecular weight excluding hydrogens is 380 g/mol. The second-order valence-corrected chi connectivity index (χ2v) is 6.31. The quantitative estimate of drug-likeness (QED) is 0.748. The minimum Gasteiger partial charge on any atom is -0.478 e. The Morgan fingerprint density at radius 3 is 2.40 bits per heavy atom. The average Bonchev–Trinajstić information content (AvgIpc) is 2.26. The number of rotatable bonds is 2. The molecule has 0 aromatic heterocycles. The number of hydrogen-bond acceptors (Lipinski definition) is 3. The number of anilines is 1. The molecule has 1 rings (SSSR count). The van der Waals surface area contributed by atoms with Crippen LogP contribution in [0.3, 0.4) is 0 Å². The van der Waals surface area contributed by atoms with Crippen LogP contribution in [0.1, 0.15) is 36.7 Å². The van der Waals surface area contributed by atoms with Gasteiger partial charge in [-0.3, -0.25) is 5.32 Å². The van der Waals surface area contributed by atoms with E-state index in [1.165, 1.54) is 6.92 Å². The first-order chi connectivity index (χ1) is 9.03. The third-order valence-corrected chi connectivity index (χ3v) is 3.16. The summed E-state index contributed by atoms with van der Waals surface area (Å²) in [5, 5.41) is 11.3. The molecule has 0 radical (unpaired) electrons. The van der Waals surface area contributed by atoms with Crippen molar-refractivity contribution in [3.8, 4) is 0 Å². The molecule has 5 nitrogen and oxygen atoms in total. The predicted octanol–water partition coefficient (Wildman–Crippen LogP) is 3.78. The molecule has 20 heavy (non-hydrogen) atoms. The SMILES string of the molecule is Cc1c(F)c(C(=O)O)cc(I)c1NC(=O)OC(C)(C)C. The number of ether oxygens (including phenoxy) is 1. The molecule has 0 aliphatic carbocycles. The van der Waals surface area contributed by atoms with Crippen molar-refractivity contribution in [2.45, 2.75) is 33.3 Å². The van der Waals surface area contributed by atoms with Crippen molar-refractivity contribution in [3.63, 3.8) is 0 Å². The van der Waals surface area contributed by atoms with Crippen LogP contribution in [0.4, 0.5) is 14.9 Å². The summed E-state index contributed by atoms with van der Waals surface area (Å²) in [5.74, 6) is -2.23. The highest BCUT2D eigenvalue weighted by molar-refractivity contribution is 14.1. The second kappa shape index (κ2) is 5.94. The summed E-state index contributed by atoms with van der Waals surface area (Å²) in [6.45, 7) is 6.52. The average molecular weight is 395 g/mol. The lowest BCUT2D eigenvalue weighted by Crippen LogP contribution is -2.28. The molecule has 2 N–H and O–H groups in total. The smallest absolute Gasteiger partial charge is 0.412 e. The van der Waals surface area contributed by atoms with Crippen LogP contribution in [0.5, 0.6) is 0 Å². The second-order valence-electron chi connectivity index (χ2n) is 5.15. The number of nitrogens with one attached hydrogen (secondary N) is 1. The number of carbonyl (C=O) groups excluding carboxylic acids is 1. The minimum atomic E-state index is -1.35. The highest BCUT2D eigenvalue weighted by atomic mass is 127. The van der Waals surface area contributed by atoms with Crippen molar-refractivity contribution in [2.75, 3.05) is 5.32 Å². The molecule has 1 aromatic rings. The Balaban J connectivity index is 3.12. The number of amides is 1. The Labute approximate surface area is 129 Å². The van der Waals surface area contributed by atoms with Crippen molar-refractivity contribution in [2.24, 2.45) is 0 Å². The van der Waals surface area contributed by atoms with E-state index in [1.807, 2.05) is 22.6 Å². The summed E-state index contributed by atoms with van der Waals surface area (Å²) in [4.78, 5) is 22.6. The molecule has 0 fully saturated rings. The van der Waals surface area contributed by atoms with Crippen LogP contribution in [0, 0.1) is 16.3 Å². The summed E-state index contributed by atoms with van der Waals surface area (Å²) >= 11 is 1.83. The first kappa shape index (κ1) is 16.7. The third-order valence-electron chi connectivity index (χ3n) is 2.31. The maximum Gasteiger partial charge on any atom is 0.412 e. The van der Waals surface area contributed by atoms with E-state index < -0.39 is 29.0 Å². The van der Waals surface area contributed by atoms with E-state index in [0.717, 1.165) is 6.07 Å². The molecule has 0 aliphatic rings. The van der Waals surface area contributed by atoms with Crippen LogP contribution in [-0.2, 0) is 4.74 Å². The van der Waals surface area contributed by atoms with Gasteiger partial charge in [0.25, 0.3) is 0 Å². The van der Waals surface area contributed by atoms with Crippen LogP contribution in [-0.4, -0.2) is 22.8 Å². The highest BCUT2D eigenvalue weighted by Gasteiger charge is 2.22. The zero-order chi connectivity index (χ0) is 15.7. The van der Waals surface area contributed by atoms with E-state index in [0.29, 0.717) is 3.57 Å². The van der Waals surface area contributed by atoms with Gasteiger partial charge in [-0.1, -0.05) is 0 Å². The van der Waals surface area contributed by atoms with E-state index in [4.69, 9.17) is 9.84 Å². The maximum atomic E-state index is 13.9. The highest BCUT2D eigenvalue weighted by Crippen LogP contribution is 2.28. The predicted molar refractivity (Wildman–Crippen MR) is 80.7 cm³/mol. The van der Waals surface area contributed by atoms with Gasteiger partial charge in [-0.2, -0.15) is 0 Å². The van der Waals surface area contributed by atoms with Gasteiger partial charge in [-0.25, -0.2) is 14.0 Å². The number of halogens is 2. The van der Waals surface area contributed by atoms with Gasteiger partial charge in [0.2, 0.25) is 0 Å². The summed E-state index contributed by atoms with van der Waals surface area (Å²) in [6, 6.07) is 1.16. The van der Waals surface area contributed by atoms with Gasteiger partial charge in [0.1, 0.15) is 11.4 Å². The largest absolute Gasteiger partial charge is 0.478 e. The van der Waals surface area contributed by atoms with E-state index in [9.17, 15) is 14.0 Å². The van der Waals surface area contributed by atoms with Crippen molar-refractivity contribution < 1.29 is 23.8 Å². The molecule has 7 heteroatoms. The molecule has 1 aromatic carbocycles. The van der Waals surface area contributed by atoms with Crippen molar-refractivity contribution in [1.29, 1.82) is 0 Å². The lowest BCUT2D eigenvalue weighted by Gasteiger charge is -2.21. The van der Waals surface area contributed by atoms with Crippen LogP contribution < -0.4 is 5.32 Å². The normalized spacial score (nSPS) is 11.1. The minimum absolute atomic E-state index is 0.0557. The number of carboxylic acid groups (broad SMARTS) is 1.